The first-order valence-corrected chi connectivity index (χ1v) is 7.10. The van der Waals surface area contributed by atoms with Crippen molar-refractivity contribution in [2.45, 2.75) is 18.9 Å². The van der Waals surface area contributed by atoms with Gasteiger partial charge in [0, 0.05) is 19.2 Å². The van der Waals surface area contributed by atoms with Gasteiger partial charge < -0.3 is 10.1 Å². The van der Waals surface area contributed by atoms with Crippen LogP contribution in [0.5, 0.6) is 0 Å². The van der Waals surface area contributed by atoms with Crippen molar-refractivity contribution in [3.8, 4) is 0 Å². The quantitative estimate of drug-likeness (QED) is 0.871. The van der Waals surface area contributed by atoms with Crippen LogP contribution in [-0.2, 0) is 9.53 Å². The van der Waals surface area contributed by atoms with Crippen LogP contribution in [0.3, 0.4) is 0 Å². The average Bonchev–Trinajstić information content (AvgIpc) is 3.04. The lowest BCUT2D eigenvalue weighted by Gasteiger charge is -2.08. The molecule has 2 heterocycles. The van der Waals surface area contributed by atoms with Crippen LogP contribution in [0.4, 0.5) is 0 Å². The smallest absolute Gasteiger partial charge is 0.244 e. The minimum atomic E-state index is -0.138. The number of nitrogens with one attached hydrogen (secondary N) is 1. The lowest BCUT2D eigenvalue weighted by Crippen LogP contribution is -2.30. The fourth-order valence-electron chi connectivity index (χ4n) is 2.29. The van der Waals surface area contributed by atoms with Gasteiger partial charge in [0.25, 0.3) is 0 Å². The van der Waals surface area contributed by atoms with Gasteiger partial charge in [-0.1, -0.05) is 12.1 Å². The summed E-state index contributed by atoms with van der Waals surface area (Å²) in [7, 11) is 0. The van der Waals surface area contributed by atoms with Gasteiger partial charge in [-0.15, -0.1) is 0 Å². The maximum Gasteiger partial charge on any atom is 0.244 e. The molecular weight excluding hydrogens is 266 g/mol. The van der Waals surface area contributed by atoms with Crippen LogP contribution >= 0.6 is 0 Å². The van der Waals surface area contributed by atoms with Crippen molar-refractivity contribution in [2.24, 2.45) is 0 Å². The van der Waals surface area contributed by atoms with Crippen LogP contribution in [-0.4, -0.2) is 35.1 Å². The van der Waals surface area contributed by atoms with Crippen LogP contribution < -0.4 is 5.32 Å². The van der Waals surface area contributed by atoms with E-state index in [4.69, 9.17) is 4.74 Å². The molecule has 0 saturated carbocycles. The highest BCUT2D eigenvalue weighted by atomic mass is 16.5. The molecule has 0 aliphatic carbocycles. The number of benzene rings is 1. The van der Waals surface area contributed by atoms with Crippen molar-refractivity contribution in [1.82, 2.24) is 15.3 Å². The number of rotatable bonds is 4. The molecule has 2 aromatic rings. The molecule has 5 heteroatoms. The summed E-state index contributed by atoms with van der Waals surface area (Å²) in [6.45, 7) is 1.36. The average molecular weight is 283 g/mol. The Morgan fingerprint density at radius 1 is 1.38 bits per heavy atom. The van der Waals surface area contributed by atoms with Gasteiger partial charge in [-0.3, -0.25) is 9.78 Å². The van der Waals surface area contributed by atoms with Crippen molar-refractivity contribution < 1.29 is 9.53 Å². The second kappa shape index (κ2) is 6.45. The molecule has 5 nitrogen and oxygen atoms in total. The van der Waals surface area contributed by atoms with Gasteiger partial charge in [-0.05, 0) is 31.1 Å². The molecule has 108 valence electrons. The highest BCUT2D eigenvalue weighted by molar-refractivity contribution is 5.91. The molecule has 1 atom stereocenters. The summed E-state index contributed by atoms with van der Waals surface area (Å²) in [5, 5.41) is 2.83. The van der Waals surface area contributed by atoms with Crippen LogP contribution in [0.15, 0.2) is 36.5 Å². The molecule has 0 radical (unpaired) electrons. The van der Waals surface area contributed by atoms with Gasteiger partial charge in [-0.2, -0.15) is 0 Å². The standard InChI is InChI=1S/C16H17N3O2/c20-16(18-11-13-4-3-9-21-13)8-7-12-10-17-14-5-1-2-6-15(14)19-12/h1-2,5-8,10,13H,3-4,9,11H2,(H,18,20)/b8-7+. The number of hydrogen-bond acceptors (Lipinski definition) is 4. The molecule has 21 heavy (non-hydrogen) atoms. The first-order valence-electron chi connectivity index (χ1n) is 7.10. The zero-order valence-corrected chi connectivity index (χ0v) is 11.7. The Morgan fingerprint density at radius 2 is 2.24 bits per heavy atom. The first kappa shape index (κ1) is 13.7. The van der Waals surface area contributed by atoms with Crippen LogP contribution in [0.2, 0.25) is 0 Å². The largest absolute Gasteiger partial charge is 0.376 e. The molecule has 1 amide bonds. The van der Waals surface area contributed by atoms with Gasteiger partial charge in [0.2, 0.25) is 5.91 Å². The topological polar surface area (TPSA) is 64.1 Å². The van der Waals surface area contributed by atoms with E-state index in [0.29, 0.717) is 12.2 Å². The van der Waals surface area contributed by atoms with Crippen molar-refractivity contribution in [1.29, 1.82) is 0 Å². The maximum atomic E-state index is 11.7. The van der Waals surface area contributed by atoms with Crippen molar-refractivity contribution in [2.75, 3.05) is 13.2 Å². The van der Waals surface area contributed by atoms with E-state index in [9.17, 15) is 4.79 Å². The summed E-state index contributed by atoms with van der Waals surface area (Å²) in [6.07, 6.45) is 7.05. The van der Waals surface area contributed by atoms with Crippen LogP contribution in [0.1, 0.15) is 18.5 Å². The fourth-order valence-corrected chi connectivity index (χ4v) is 2.29. The molecule has 1 saturated heterocycles. The number of nitrogens with zero attached hydrogens (tertiary/aromatic N) is 2. The van der Waals surface area contributed by atoms with E-state index < -0.39 is 0 Å². The molecule has 0 bridgehead atoms. The Balaban J connectivity index is 1.59. The van der Waals surface area contributed by atoms with E-state index >= 15 is 0 Å². The molecule has 1 aromatic carbocycles. The Morgan fingerprint density at radius 3 is 3.05 bits per heavy atom. The summed E-state index contributed by atoms with van der Waals surface area (Å²) in [5.74, 6) is -0.138. The highest BCUT2D eigenvalue weighted by Crippen LogP contribution is 2.11. The lowest BCUT2D eigenvalue weighted by atomic mass is 10.2. The van der Waals surface area contributed by atoms with Crippen molar-refractivity contribution in [3.05, 3.63) is 42.2 Å². The third-order valence-corrected chi connectivity index (χ3v) is 3.40. The van der Waals surface area contributed by atoms with E-state index in [2.05, 4.69) is 15.3 Å². The Bertz CT molecular complexity index is 663. The first-order chi connectivity index (χ1) is 10.3. The monoisotopic (exact) mass is 283 g/mol. The summed E-state index contributed by atoms with van der Waals surface area (Å²) in [4.78, 5) is 20.5. The molecule has 1 aliphatic heterocycles. The summed E-state index contributed by atoms with van der Waals surface area (Å²) < 4.78 is 5.45. The van der Waals surface area contributed by atoms with Crippen molar-refractivity contribution in [3.63, 3.8) is 0 Å². The summed E-state index contributed by atoms with van der Waals surface area (Å²) >= 11 is 0. The number of para-hydroxylation sites is 2. The molecule has 0 spiro atoms. The zero-order valence-electron chi connectivity index (χ0n) is 11.7. The Kier molecular flexibility index (Phi) is 4.21. The van der Waals surface area contributed by atoms with E-state index in [1.54, 1.807) is 12.3 Å². The maximum absolute atomic E-state index is 11.7. The van der Waals surface area contributed by atoms with E-state index in [0.717, 1.165) is 30.5 Å². The molecular formula is C16H17N3O2. The minimum absolute atomic E-state index is 0.138. The number of carbonyl (C=O) groups excluding carboxylic acids is 1. The third-order valence-electron chi connectivity index (χ3n) is 3.40. The lowest BCUT2D eigenvalue weighted by molar-refractivity contribution is -0.116. The van der Waals surface area contributed by atoms with E-state index in [-0.39, 0.29) is 12.0 Å². The number of ether oxygens (including phenoxy) is 1. The summed E-state index contributed by atoms with van der Waals surface area (Å²) in [5.41, 5.74) is 2.33. The van der Waals surface area contributed by atoms with E-state index in [1.165, 1.54) is 6.08 Å². The number of aromatic nitrogens is 2. The third kappa shape index (κ3) is 3.64. The molecule has 1 aliphatic rings. The van der Waals surface area contributed by atoms with Gasteiger partial charge in [-0.25, -0.2) is 4.98 Å². The predicted octanol–water partition coefficient (Wildman–Crippen LogP) is 1.94. The van der Waals surface area contributed by atoms with Gasteiger partial charge in [0.1, 0.15) is 0 Å². The van der Waals surface area contributed by atoms with Gasteiger partial charge >= 0.3 is 0 Å². The summed E-state index contributed by atoms with van der Waals surface area (Å²) in [6, 6.07) is 7.64. The van der Waals surface area contributed by atoms with E-state index in [1.807, 2.05) is 24.3 Å². The second-order valence-corrected chi connectivity index (χ2v) is 5.00. The number of amides is 1. The Labute approximate surface area is 123 Å². The number of hydrogen-bond donors (Lipinski definition) is 1. The SMILES string of the molecule is O=C(/C=C/c1cnc2ccccc2n1)NCC1CCCO1. The molecule has 1 N–H and O–H groups in total. The molecule has 3 rings (SSSR count). The minimum Gasteiger partial charge on any atom is -0.376 e. The normalized spacial score (nSPS) is 18.4. The fraction of sp³-hybridized carbons (Fsp3) is 0.312. The van der Waals surface area contributed by atoms with Gasteiger partial charge in [0.05, 0.1) is 29.0 Å². The van der Waals surface area contributed by atoms with Crippen LogP contribution in [0, 0.1) is 0 Å². The molecule has 1 fully saturated rings. The number of carbonyl (C=O) groups is 1. The highest BCUT2D eigenvalue weighted by Gasteiger charge is 2.15. The zero-order chi connectivity index (χ0) is 14.5. The number of fused-ring (bicyclic) bond motifs is 1. The van der Waals surface area contributed by atoms with Crippen molar-refractivity contribution >= 4 is 23.0 Å². The molecule has 1 aromatic heterocycles. The molecule has 1 unspecified atom stereocenters. The Hall–Kier alpha value is -2.27. The predicted molar refractivity (Wildman–Crippen MR) is 80.6 cm³/mol. The van der Waals surface area contributed by atoms with Crippen LogP contribution in [0.25, 0.3) is 17.1 Å². The second-order valence-electron chi connectivity index (χ2n) is 5.00. The van der Waals surface area contributed by atoms with Gasteiger partial charge in [0.15, 0.2) is 0 Å².